The summed E-state index contributed by atoms with van der Waals surface area (Å²) in [6.45, 7) is 0. The third kappa shape index (κ3) is 3.03. The molecule has 1 unspecified atom stereocenters. The van der Waals surface area contributed by atoms with E-state index in [9.17, 15) is 18.3 Å². The molecule has 1 aromatic carbocycles. The van der Waals surface area contributed by atoms with Crippen molar-refractivity contribution in [2.75, 3.05) is 5.73 Å². The van der Waals surface area contributed by atoms with Gasteiger partial charge in [0.05, 0.1) is 11.4 Å². The molecule has 7 heteroatoms. The van der Waals surface area contributed by atoms with Gasteiger partial charge < -0.3 is 15.6 Å². The van der Waals surface area contributed by atoms with E-state index in [1.807, 2.05) is 0 Å². The van der Waals surface area contributed by atoms with Crippen molar-refractivity contribution in [1.29, 1.82) is 0 Å². The molecule has 2 aromatic rings. The Kier molecular flexibility index (Phi) is 4.13. The van der Waals surface area contributed by atoms with E-state index in [0.29, 0.717) is 29.8 Å². The minimum absolute atomic E-state index is 0.299. The molecular weight excluding hydrogens is 321 g/mol. The maximum Gasteiger partial charge on any atom is 0.573 e. The minimum atomic E-state index is -4.75. The molecule has 1 atom stereocenters. The molecule has 0 spiro atoms. The van der Waals surface area contributed by atoms with E-state index in [-0.39, 0.29) is 5.75 Å². The second-order valence-electron chi connectivity index (χ2n) is 5.97. The van der Waals surface area contributed by atoms with Crippen molar-refractivity contribution in [3.63, 3.8) is 0 Å². The summed E-state index contributed by atoms with van der Waals surface area (Å²) in [7, 11) is 0. The van der Waals surface area contributed by atoms with Crippen LogP contribution in [0.15, 0.2) is 42.6 Å². The quantitative estimate of drug-likeness (QED) is 0.891. The lowest BCUT2D eigenvalue weighted by atomic mass is 9.60. The Balaban J connectivity index is 1.96. The fourth-order valence-corrected chi connectivity index (χ4v) is 3.20. The number of nitrogens with two attached hydrogens (primary N) is 1. The van der Waals surface area contributed by atoms with Crippen LogP contribution in [0.25, 0.3) is 0 Å². The molecule has 0 radical (unpaired) electrons. The number of benzene rings is 1. The third-order valence-corrected chi connectivity index (χ3v) is 4.54. The van der Waals surface area contributed by atoms with E-state index in [2.05, 4.69) is 9.72 Å². The van der Waals surface area contributed by atoms with Crippen LogP contribution >= 0.6 is 0 Å². The number of ether oxygens (including phenoxy) is 1. The average Bonchev–Trinajstić information content (AvgIpc) is 2.45. The van der Waals surface area contributed by atoms with Crippen molar-refractivity contribution < 1.29 is 23.0 Å². The zero-order valence-electron chi connectivity index (χ0n) is 12.8. The SMILES string of the molecule is Nc1cccnc1C(O)C1(c2cccc(OC(F)(F)F)c2)CCC1. The molecule has 3 rings (SSSR count). The van der Waals surface area contributed by atoms with E-state index in [1.165, 1.54) is 24.4 Å². The normalized spacial score (nSPS) is 17.8. The van der Waals surface area contributed by atoms with Crippen molar-refractivity contribution in [3.8, 4) is 5.75 Å². The highest BCUT2D eigenvalue weighted by atomic mass is 19.4. The number of aromatic nitrogens is 1. The monoisotopic (exact) mass is 338 g/mol. The Morgan fingerprint density at radius 3 is 2.54 bits per heavy atom. The van der Waals surface area contributed by atoms with Crippen LogP contribution in [0.4, 0.5) is 18.9 Å². The predicted octanol–water partition coefficient (Wildman–Crippen LogP) is 3.72. The molecule has 0 amide bonds. The lowest BCUT2D eigenvalue weighted by Gasteiger charge is -2.46. The highest BCUT2D eigenvalue weighted by molar-refractivity contribution is 5.47. The predicted molar refractivity (Wildman–Crippen MR) is 82.3 cm³/mol. The molecule has 1 aromatic heterocycles. The van der Waals surface area contributed by atoms with E-state index in [1.54, 1.807) is 18.2 Å². The largest absolute Gasteiger partial charge is 0.573 e. The van der Waals surface area contributed by atoms with E-state index >= 15 is 0 Å². The van der Waals surface area contributed by atoms with Gasteiger partial charge in [-0.3, -0.25) is 4.98 Å². The molecule has 1 fully saturated rings. The fourth-order valence-electron chi connectivity index (χ4n) is 3.20. The standard InChI is InChI=1S/C17H17F3N2O2/c18-17(19,20)24-12-5-1-4-11(10-12)16(7-3-8-16)15(23)14-13(21)6-2-9-22-14/h1-2,4-6,9-10,15,23H,3,7-8,21H2. The smallest absolute Gasteiger partial charge is 0.406 e. The van der Waals surface area contributed by atoms with Gasteiger partial charge in [-0.05, 0) is 42.7 Å². The number of alkyl halides is 3. The molecular formula is C17H17F3N2O2. The van der Waals surface area contributed by atoms with Gasteiger partial charge in [-0.15, -0.1) is 13.2 Å². The molecule has 0 aliphatic heterocycles. The molecule has 0 bridgehead atoms. The molecule has 1 aliphatic rings. The minimum Gasteiger partial charge on any atom is -0.406 e. The Morgan fingerprint density at radius 1 is 1.21 bits per heavy atom. The number of hydrogen-bond donors (Lipinski definition) is 2. The topological polar surface area (TPSA) is 68.4 Å². The number of anilines is 1. The van der Waals surface area contributed by atoms with Crippen molar-refractivity contribution in [2.45, 2.75) is 37.1 Å². The molecule has 1 saturated carbocycles. The third-order valence-electron chi connectivity index (χ3n) is 4.54. The average molecular weight is 338 g/mol. The summed E-state index contributed by atoms with van der Waals surface area (Å²) in [5.74, 6) is -0.299. The highest BCUT2D eigenvalue weighted by Gasteiger charge is 2.47. The van der Waals surface area contributed by atoms with Crippen molar-refractivity contribution in [1.82, 2.24) is 4.98 Å². The number of pyridine rings is 1. The molecule has 4 nitrogen and oxygen atoms in total. The van der Waals surface area contributed by atoms with Crippen LogP contribution in [0.3, 0.4) is 0 Å². The van der Waals surface area contributed by atoms with E-state index in [0.717, 1.165) is 6.42 Å². The number of halogens is 3. The zero-order valence-corrected chi connectivity index (χ0v) is 12.8. The van der Waals surface area contributed by atoms with Crippen LogP contribution in [0.2, 0.25) is 0 Å². The van der Waals surface area contributed by atoms with Crippen LogP contribution in [0, 0.1) is 0 Å². The Labute approximate surface area is 137 Å². The molecule has 128 valence electrons. The summed E-state index contributed by atoms with van der Waals surface area (Å²) in [6.07, 6.45) is -2.07. The van der Waals surface area contributed by atoms with Crippen molar-refractivity contribution >= 4 is 5.69 Å². The molecule has 3 N–H and O–H groups in total. The van der Waals surface area contributed by atoms with E-state index < -0.39 is 17.9 Å². The Hall–Kier alpha value is -2.28. The zero-order chi connectivity index (χ0) is 17.4. The lowest BCUT2D eigenvalue weighted by Crippen LogP contribution is -2.41. The summed E-state index contributed by atoms with van der Waals surface area (Å²) >= 11 is 0. The number of aliphatic hydroxyl groups excluding tert-OH is 1. The molecule has 1 heterocycles. The van der Waals surface area contributed by atoms with Crippen LogP contribution < -0.4 is 10.5 Å². The summed E-state index contributed by atoms with van der Waals surface area (Å²) < 4.78 is 41.3. The molecule has 24 heavy (non-hydrogen) atoms. The van der Waals surface area contributed by atoms with Crippen LogP contribution in [0.1, 0.15) is 36.6 Å². The first-order valence-corrected chi connectivity index (χ1v) is 7.57. The maximum atomic E-state index is 12.4. The van der Waals surface area contributed by atoms with Gasteiger partial charge in [0.1, 0.15) is 11.9 Å². The fraction of sp³-hybridized carbons (Fsp3) is 0.353. The van der Waals surface area contributed by atoms with Crippen molar-refractivity contribution in [3.05, 3.63) is 53.9 Å². The summed E-state index contributed by atoms with van der Waals surface area (Å²) in [5.41, 5.74) is 6.49. The summed E-state index contributed by atoms with van der Waals surface area (Å²) in [5, 5.41) is 10.8. The highest BCUT2D eigenvalue weighted by Crippen LogP contribution is 2.53. The van der Waals surface area contributed by atoms with Gasteiger partial charge in [0, 0.05) is 11.6 Å². The second-order valence-corrected chi connectivity index (χ2v) is 5.97. The van der Waals surface area contributed by atoms with Crippen LogP contribution in [0.5, 0.6) is 5.75 Å². The number of nitrogens with zero attached hydrogens (tertiary/aromatic N) is 1. The lowest BCUT2D eigenvalue weighted by molar-refractivity contribution is -0.274. The van der Waals surface area contributed by atoms with Crippen molar-refractivity contribution in [2.24, 2.45) is 0 Å². The first-order chi connectivity index (χ1) is 11.3. The van der Waals surface area contributed by atoms with Crippen LogP contribution in [-0.2, 0) is 5.41 Å². The first kappa shape index (κ1) is 16.6. The van der Waals surface area contributed by atoms with Gasteiger partial charge in [-0.25, -0.2) is 0 Å². The van der Waals surface area contributed by atoms with Gasteiger partial charge in [0.15, 0.2) is 0 Å². The maximum absolute atomic E-state index is 12.4. The van der Waals surface area contributed by atoms with Gasteiger partial charge in [-0.1, -0.05) is 18.6 Å². The Morgan fingerprint density at radius 2 is 1.96 bits per heavy atom. The number of nitrogen functional groups attached to an aromatic ring is 1. The Bertz CT molecular complexity index is 730. The first-order valence-electron chi connectivity index (χ1n) is 7.57. The summed E-state index contributed by atoms with van der Waals surface area (Å²) in [6, 6.07) is 9.06. The molecule has 0 saturated heterocycles. The van der Waals surface area contributed by atoms with E-state index in [4.69, 9.17) is 5.73 Å². The van der Waals surface area contributed by atoms with Gasteiger partial charge in [0.25, 0.3) is 0 Å². The van der Waals surface area contributed by atoms with Gasteiger partial charge in [0.2, 0.25) is 0 Å². The number of rotatable bonds is 4. The number of hydrogen-bond acceptors (Lipinski definition) is 4. The number of aliphatic hydroxyl groups is 1. The summed E-state index contributed by atoms with van der Waals surface area (Å²) in [4.78, 5) is 4.15. The van der Waals surface area contributed by atoms with Gasteiger partial charge in [-0.2, -0.15) is 0 Å². The molecule has 1 aliphatic carbocycles. The van der Waals surface area contributed by atoms with Crippen LogP contribution in [-0.4, -0.2) is 16.5 Å². The second kappa shape index (κ2) is 5.98. The van der Waals surface area contributed by atoms with Gasteiger partial charge >= 0.3 is 6.36 Å².